The van der Waals surface area contributed by atoms with Crippen LogP contribution < -0.4 is 10.1 Å². The van der Waals surface area contributed by atoms with E-state index in [-0.39, 0.29) is 0 Å². The van der Waals surface area contributed by atoms with E-state index < -0.39 is 0 Å². The largest absolute Gasteiger partial charge is 0.463 e. The number of nitrogens with one attached hydrogen (secondary N) is 1. The first-order valence-electron chi connectivity index (χ1n) is 6.92. The van der Waals surface area contributed by atoms with Gasteiger partial charge in [-0.2, -0.15) is 15.0 Å². The number of aryl methyl sites for hydroxylation is 1. The van der Waals surface area contributed by atoms with Crippen LogP contribution in [0.25, 0.3) is 11.6 Å². The minimum Gasteiger partial charge on any atom is -0.463 e. The molecule has 2 heterocycles. The first-order chi connectivity index (χ1) is 9.78. The second-order valence-electron chi connectivity index (χ2n) is 4.18. The van der Waals surface area contributed by atoms with Crippen LogP contribution in [0.15, 0.2) is 12.4 Å². The Kier molecular flexibility index (Phi) is 4.86. The Morgan fingerprint density at radius 2 is 2.05 bits per heavy atom. The van der Waals surface area contributed by atoms with Crippen molar-refractivity contribution in [1.29, 1.82) is 0 Å². The Morgan fingerprint density at radius 3 is 2.75 bits per heavy atom. The number of aromatic nitrogens is 5. The van der Waals surface area contributed by atoms with Crippen molar-refractivity contribution >= 4 is 5.95 Å². The van der Waals surface area contributed by atoms with E-state index in [1.54, 1.807) is 6.20 Å². The average molecular weight is 276 g/mol. The Morgan fingerprint density at radius 1 is 1.20 bits per heavy atom. The SMILES string of the molecule is CCCOc1nc(NCC)nc(-c2nccn2CC)n1. The first kappa shape index (κ1) is 14.2. The highest BCUT2D eigenvalue weighted by Gasteiger charge is 2.13. The molecule has 2 rings (SSSR count). The molecule has 0 aliphatic rings. The number of nitrogens with zero attached hydrogens (tertiary/aromatic N) is 5. The minimum absolute atomic E-state index is 0.332. The summed E-state index contributed by atoms with van der Waals surface area (Å²) in [5, 5.41) is 3.08. The molecule has 0 atom stereocenters. The number of anilines is 1. The average Bonchev–Trinajstić information content (AvgIpc) is 2.93. The van der Waals surface area contributed by atoms with Gasteiger partial charge in [-0.05, 0) is 20.3 Å². The van der Waals surface area contributed by atoms with Gasteiger partial charge in [-0.3, -0.25) is 0 Å². The molecule has 0 saturated heterocycles. The lowest BCUT2D eigenvalue weighted by atomic mass is 10.5. The summed E-state index contributed by atoms with van der Waals surface area (Å²) in [4.78, 5) is 17.3. The number of ether oxygens (including phenoxy) is 1. The molecular weight excluding hydrogens is 256 g/mol. The summed E-state index contributed by atoms with van der Waals surface area (Å²) in [5.74, 6) is 1.75. The molecule has 2 aromatic heterocycles. The Hall–Kier alpha value is -2.18. The highest BCUT2D eigenvalue weighted by molar-refractivity contribution is 5.47. The van der Waals surface area contributed by atoms with Crippen molar-refractivity contribution in [3.05, 3.63) is 12.4 Å². The van der Waals surface area contributed by atoms with Crippen LogP contribution in [0.1, 0.15) is 27.2 Å². The van der Waals surface area contributed by atoms with Gasteiger partial charge in [0.05, 0.1) is 6.61 Å². The van der Waals surface area contributed by atoms with Gasteiger partial charge in [-0.25, -0.2) is 4.98 Å². The van der Waals surface area contributed by atoms with Crippen LogP contribution in [-0.2, 0) is 6.54 Å². The molecule has 0 radical (unpaired) electrons. The van der Waals surface area contributed by atoms with Crippen LogP contribution in [0.2, 0.25) is 0 Å². The molecule has 1 N–H and O–H groups in total. The molecule has 0 saturated carbocycles. The maximum atomic E-state index is 5.52. The lowest BCUT2D eigenvalue weighted by Gasteiger charge is -2.09. The highest BCUT2D eigenvalue weighted by atomic mass is 16.5. The van der Waals surface area contributed by atoms with Crippen molar-refractivity contribution in [2.24, 2.45) is 0 Å². The third kappa shape index (κ3) is 3.23. The topological polar surface area (TPSA) is 77.8 Å². The minimum atomic E-state index is 0.332. The Bertz CT molecular complexity index is 554. The maximum absolute atomic E-state index is 5.52. The molecule has 7 heteroatoms. The number of imidazole rings is 1. The first-order valence-corrected chi connectivity index (χ1v) is 6.92. The molecule has 108 valence electrons. The van der Waals surface area contributed by atoms with E-state index in [1.807, 2.05) is 31.5 Å². The van der Waals surface area contributed by atoms with Gasteiger partial charge in [-0.15, -0.1) is 0 Å². The van der Waals surface area contributed by atoms with Crippen LogP contribution in [-0.4, -0.2) is 37.7 Å². The zero-order valence-electron chi connectivity index (χ0n) is 12.1. The van der Waals surface area contributed by atoms with E-state index in [0.29, 0.717) is 24.4 Å². The zero-order chi connectivity index (χ0) is 14.4. The summed E-state index contributed by atoms with van der Waals surface area (Å²) in [7, 11) is 0. The van der Waals surface area contributed by atoms with Crippen molar-refractivity contribution in [1.82, 2.24) is 24.5 Å². The van der Waals surface area contributed by atoms with E-state index in [4.69, 9.17) is 4.74 Å². The fourth-order valence-corrected chi connectivity index (χ4v) is 1.72. The second kappa shape index (κ2) is 6.83. The molecule has 0 unspecified atom stereocenters. The van der Waals surface area contributed by atoms with E-state index in [2.05, 4.69) is 25.3 Å². The molecule has 7 nitrogen and oxygen atoms in total. The fourth-order valence-electron chi connectivity index (χ4n) is 1.72. The van der Waals surface area contributed by atoms with Gasteiger partial charge in [0, 0.05) is 25.5 Å². The van der Waals surface area contributed by atoms with Crippen LogP contribution >= 0.6 is 0 Å². The normalized spacial score (nSPS) is 10.6. The Balaban J connectivity index is 2.38. The maximum Gasteiger partial charge on any atom is 0.321 e. The van der Waals surface area contributed by atoms with Gasteiger partial charge in [0.25, 0.3) is 0 Å². The molecule has 20 heavy (non-hydrogen) atoms. The molecule has 2 aromatic rings. The number of hydrogen-bond donors (Lipinski definition) is 1. The van der Waals surface area contributed by atoms with Gasteiger partial charge in [-0.1, -0.05) is 6.92 Å². The molecule has 0 bridgehead atoms. The van der Waals surface area contributed by atoms with Crippen molar-refractivity contribution in [2.75, 3.05) is 18.5 Å². The van der Waals surface area contributed by atoms with Crippen LogP contribution in [0.3, 0.4) is 0 Å². The lowest BCUT2D eigenvalue weighted by Crippen LogP contribution is -2.09. The van der Waals surface area contributed by atoms with Crippen LogP contribution in [0.4, 0.5) is 5.95 Å². The monoisotopic (exact) mass is 276 g/mol. The van der Waals surface area contributed by atoms with E-state index in [1.165, 1.54) is 0 Å². The quantitative estimate of drug-likeness (QED) is 0.833. The third-order valence-corrected chi connectivity index (χ3v) is 2.64. The summed E-state index contributed by atoms with van der Waals surface area (Å²) in [6, 6.07) is 0.332. The third-order valence-electron chi connectivity index (χ3n) is 2.64. The highest BCUT2D eigenvalue weighted by Crippen LogP contribution is 2.17. The van der Waals surface area contributed by atoms with E-state index in [9.17, 15) is 0 Å². The summed E-state index contributed by atoms with van der Waals surface area (Å²) in [5.41, 5.74) is 0. The summed E-state index contributed by atoms with van der Waals surface area (Å²) in [6.45, 7) is 8.20. The van der Waals surface area contributed by atoms with Gasteiger partial charge in [0.1, 0.15) is 0 Å². The molecule has 0 fully saturated rings. The van der Waals surface area contributed by atoms with Gasteiger partial charge in [0.15, 0.2) is 5.82 Å². The summed E-state index contributed by atoms with van der Waals surface area (Å²) < 4.78 is 7.50. The molecule has 0 amide bonds. The standard InChI is InChI=1S/C13H20N6O/c1-4-9-20-13-17-10(16-12(18-13)14-5-2)11-15-7-8-19(11)6-3/h7-8H,4-6,9H2,1-3H3,(H,14,16,17,18). The van der Waals surface area contributed by atoms with E-state index >= 15 is 0 Å². The van der Waals surface area contributed by atoms with Gasteiger partial charge < -0.3 is 14.6 Å². The van der Waals surface area contributed by atoms with Crippen molar-refractivity contribution < 1.29 is 4.74 Å². The van der Waals surface area contributed by atoms with Crippen molar-refractivity contribution in [3.8, 4) is 17.7 Å². The second-order valence-corrected chi connectivity index (χ2v) is 4.18. The van der Waals surface area contributed by atoms with Crippen LogP contribution in [0, 0.1) is 0 Å². The molecule has 0 aromatic carbocycles. The number of rotatable bonds is 7. The van der Waals surface area contributed by atoms with Gasteiger partial charge in [0.2, 0.25) is 11.8 Å². The fraction of sp³-hybridized carbons (Fsp3) is 0.538. The molecule has 0 aliphatic heterocycles. The molecule has 0 spiro atoms. The van der Waals surface area contributed by atoms with E-state index in [0.717, 1.165) is 25.3 Å². The van der Waals surface area contributed by atoms with Crippen LogP contribution in [0.5, 0.6) is 6.01 Å². The smallest absolute Gasteiger partial charge is 0.321 e. The Labute approximate surface area is 118 Å². The van der Waals surface area contributed by atoms with Crippen molar-refractivity contribution in [3.63, 3.8) is 0 Å². The lowest BCUT2D eigenvalue weighted by molar-refractivity contribution is 0.292. The zero-order valence-corrected chi connectivity index (χ0v) is 12.1. The number of hydrogen-bond acceptors (Lipinski definition) is 6. The molecule has 0 aliphatic carbocycles. The summed E-state index contributed by atoms with van der Waals surface area (Å²) >= 11 is 0. The summed E-state index contributed by atoms with van der Waals surface area (Å²) in [6.07, 6.45) is 4.54. The molecular formula is C13H20N6O. The predicted octanol–water partition coefficient (Wildman–Crippen LogP) is 1.98. The van der Waals surface area contributed by atoms with Gasteiger partial charge >= 0.3 is 6.01 Å². The predicted molar refractivity (Wildman–Crippen MR) is 76.7 cm³/mol. The van der Waals surface area contributed by atoms with Crippen molar-refractivity contribution in [2.45, 2.75) is 33.7 Å².